The predicted molar refractivity (Wildman–Crippen MR) is 300 cm³/mol. The summed E-state index contributed by atoms with van der Waals surface area (Å²) in [5, 5.41) is 11.3. The zero-order valence-corrected chi connectivity index (χ0v) is 46.8. The van der Waals surface area contributed by atoms with Crippen LogP contribution in [0.4, 0.5) is 32.3 Å². The fourth-order valence-corrected chi connectivity index (χ4v) is 8.38. The molecule has 9 N–H and O–H groups in total. The van der Waals surface area contributed by atoms with Crippen LogP contribution in [-0.2, 0) is 76.7 Å². The number of hydrogen-bond acceptors (Lipinski definition) is 18. The van der Waals surface area contributed by atoms with E-state index in [1.807, 2.05) is 48.5 Å². The molecular formula is C55H74N6O19S. The summed E-state index contributed by atoms with van der Waals surface area (Å²) in [5.41, 5.74) is 12.7. The van der Waals surface area contributed by atoms with Gasteiger partial charge in [0.1, 0.15) is 39.6 Å². The summed E-state index contributed by atoms with van der Waals surface area (Å²) in [4.78, 5) is 72.7. The molecule has 444 valence electrons. The maximum Gasteiger partial charge on any atom is 0.404 e. The summed E-state index contributed by atoms with van der Waals surface area (Å²) in [6.45, 7) is 3.47. The molecule has 4 aromatic rings. The molecule has 0 fully saturated rings. The van der Waals surface area contributed by atoms with Gasteiger partial charge in [0.25, 0.3) is 10.1 Å². The van der Waals surface area contributed by atoms with Crippen molar-refractivity contribution >= 4 is 68.7 Å². The molecule has 81 heavy (non-hydrogen) atoms. The number of benzene rings is 4. The number of nitrogens with two attached hydrogens (primary N) is 2. The second kappa shape index (κ2) is 35.6. The van der Waals surface area contributed by atoms with E-state index in [-0.39, 0.29) is 75.1 Å². The number of rotatable bonds is 32. The van der Waals surface area contributed by atoms with Gasteiger partial charge in [0.05, 0.1) is 6.26 Å². The minimum Gasteiger partial charge on any atom is -0.449 e. The highest BCUT2D eigenvalue weighted by atomic mass is 32.2. The zero-order valence-electron chi connectivity index (χ0n) is 48.0. The topological polar surface area (TPSA) is 349 Å². The van der Waals surface area contributed by atoms with Crippen LogP contribution < -0.4 is 32.7 Å². The highest BCUT2D eigenvalue weighted by Crippen LogP contribution is 2.48. The molecule has 6 amide bonds. The first kappa shape index (κ1) is 63.1. The van der Waals surface area contributed by atoms with Gasteiger partial charge >= 0.3 is 12.2 Å². The van der Waals surface area contributed by atoms with Crippen molar-refractivity contribution in [3.8, 4) is 22.3 Å². The van der Waals surface area contributed by atoms with Crippen molar-refractivity contribution < 1.29 is 91.9 Å². The Balaban J connectivity index is 0.000000329. The predicted octanol–water partition coefficient (Wildman–Crippen LogP) is 5.26. The molecule has 0 bridgehead atoms. The van der Waals surface area contributed by atoms with Crippen LogP contribution in [-0.4, -0.2) is 176 Å². The van der Waals surface area contributed by atoms with Gasteiger partial charge in [0.2, 0.25) is 23.6 Å². The number of fused-ring (bicyclic) bond motifs is 6. The normalized spacial score (nSPS) is 12.3. The first-order valence-electron chi connectivity index (χ1n) is 26.6. The summed E-state index contributed by atoms with van der Waals surface area (Å²) in [7, 11) is 2.76. The van der Waals surface area contributed by atoms with Gasteiger partial charge in [-0.15, -0.1) is 0 Å². The van der Waals surface area contributed by atoms with Crippen molar-refractivity contribution in [3.63, 3.8) is 0 Å². The summed E-state index contributed by atoms with van der Waals surface area (Å²) in [5.74, 6) is -1.93. The molecule has 0 saturated heterocycles. The van der Waals surface area contributed by atoms with E-state index in [4.69, 9.17) is 54.7 Å². The van der Waals surface area contributed by atoms with Crippen LogP contribution in [0.5, 0.6) is 0 Å². The van der Waals surface area contributed by atoms with Crippen molar-refractivity contribution in [2.75, 3.05) is 148 Å². The lowest BCUT2D eigenvalue weighted by molar-refractivity contribution is -0.121. The van der Waals surface area contributed by atoms with Crippen LogP contribution in [0.3, 0.4) is 0 Å². The molecule has 0 unspecified atom stereocenters. The Morgan fingerprint density at radius 2 is 0.691 bits per heavy atom. The van der Waals surface area contributed by atoms with E-state index < -0.39 is 22.3 Å². The fourth-order valence-electron chi connectivity index (χ4n) is 8.38. The van der Waals surface area contributed by atoms with Crippen LogP contribution in [0.15, 0.2) is 72.8 Å². The molecule has 0 spiro atoms. The third kappa shape index (κ3) is 24.3. The second-order valence-electron chi connectivity index (χ2n) is 18.0. The third-order valence-electron chi connectivity index (χ3n) is 11.7. The highest BCUT2D eigenvalue weighted by Gasteiger charge is 2.32. The van der Waals surface area contributed by atoms with E-state index in [1.54, 1.807) is 64.2 Å². The molecular weight excluding hydrogens is 1080 g/mol. The molecule has 2 aliphatic carbocycles. The first-order valence-corrected chi connectivity index (χ1v) is 27.4. The maximum atomic E-state index is 12.4. The lowest BCUT2D eigenvalue weighted by Crippen LogP contribution is -2.20. The van der Waals surface area contributed by atoms with Crippen molar-refractivity contribution in [1.29, 1.82) is 0 Å². The Labute approximate surface area is 473 Å². The number of hydrogen-bond donors (Lipinski definition) is 7. The number of nitrogens with one attached hydrogen (secondary N) is 4. The van der Waals surface area contributed by atoms with E-state index in [1.165, 1.54) is 0 Å². The molecule has 26 heteroatoms. The van der Waals surface area contributed by atoms with Gasteiger partial charge in [0, 0.05) is 116 Å². The van der Waals surface area contributed by atoms with Crippen molar-refractivity contribution in [2.24, 2.45) is 11.5 Å². The average Bonchev–Trinajstić information content (AvgIpc) is 4.15. The van der Waals surface area contributed by atoms with Gasteiger partial charge in [-0.05, 0) is 119 Å². The lowest BCUT2D eigenvalue weighted by atomic mass is 9.97. The van der Waals surface area contributed by atoms with Crippen LogP contribution in [0.2, 0.25) is 2.82 Å². The Bertz CT molecular complexity index is 2530. The van der Waals surface area contributed by atoms with E-state index in [9.17, 15) is 37.2 Å². The molecule has 6 rings (SSSR count). The van der Waals surface area contributed by atoms with Gasteiger partial charge in [-0.25, -0.2) is 9.59 Å². The van der Waals surface area contributed by atoms with Crippen LogP contribution in [0.1, 0.15) is 59.8 Å². The van der Waals surface area contributed by atoms with Crippen molar-refractivity contribution in [1.82, 2.24) is 0 Å². The SMILES string of the molecule is CS(=O)(=O)O.[2H]NC(=O)OCC1c2cc(NC(=O)COCCCOC)ccc2-c2ccc(NC(=O)COCCCOC)cc21.[2H]NC(=O)OCC1c2cc(NC(=O)COCCCOC)ccc2-c2ccc(NC(=O)COCCCOC)cc21. The van der Waals surface area contributed by atoms with E-state index in [0.717, 1.165) is 44.5 Å². The smallest absolute Gasteiger partial charge is 0.404 e. The first-order chi connectivity index (χ1) is 39.9. The number of primary amides is 2. The van der Waals surface area contributed by atoms with Crippen LogP contribution >= 0.6 is 0 Å². The number of ether oxygens (including phenoxy) is 10. The molecule has 25 nitrogen and oxygen atoms in total. The van der Waals surface area contributed by atoms with Gasteiger partial charge < -0.3 is 80.1 Å². The zero-order chi connectivity index (χ0) is 60.6. The molecule has 0 saturated carbocycles. The molecule has 0 radical (unpaired) electrons. The average molecular weight is 1160 g/mol. The van der Waals surface area contributed by atoms with E-state index >= 15 is 0 Å². The molecule has 0 atom stereocenters. The Morgan fingerprint density at radius 3 is 0.901 bits per heavy atom. The lowest BCUT2D eigenvalue weighted by Gasteiger charge is -2.15. The second-order valence-corrected chi connectivity index (χ2v) is 19.5. The van der Waals surface area contributed by atoms with E-state index in [0.29, 0.717) is 108 Å². The summed E-state index contributed by atoms with van der Waals surface area (Å²) < 4.78 is 91.7. The molecule has 0 heterocycles. The number of amides is 6. The van der Waals surface area contributed by atoms with Crippen molar-refractivity contribution in [3.05, 3.63) is 95.1 Å². The largest absolute Gasteiger partial charge is 0.449 e. The van der Waals surface area contributed by atoms with Crippen molar-refractivity contribution in [2.45, 2.75) is 37.5 Å². The van der Waals surface area contributed by atoms with Gasteiger partial charge in [-0.1, -0.05) is 24.3 Å². The monoisotopic (exact) mass is 1160 g/mol. The third-order valence-corrected chi connectivity index (χ3v) is 11.7. The Morgan fingerprint density at radius 1 is 0.457 bits per heavy atom. The van der Waals surface area contributed by atoms with E-state index in [2.05, 4.69) is 21.3 Å². The van der Waals surface area contributed by atoms with Gasteiger partial charge in [-0.2, -0.15) is 8.42 Å². The Kier molecular flexibility index (Phi) is 27.7. The molecule has 4 aromatic carbocycles. The maximum absolute atomic E-state index is 12.4. The summed E-state index contributed by atoms with van der Waals surface area (Å²) in [6, 6.07) is 22.0. The minimum atomic E-state index is -3.67. The number of anilines is 4. The quantitative estimate of drug-likeness (QED) is 0.0242. The number of carbonyl (C=O) groups excluding carboxylic acids is 6. The molecule has 2 aliphatic rings. The Hall–Kier alpha value is -7.11. The standard InChI is InChI=1S/2C27H35N3O8.CH4O3S/c2*1-34-9-3-11-36-16-25(31)29-18-5-7-20-21-8-6-19(30-26(32)17-37-12-4-10-35-2)14-23(21)24(22(20)13-18)15-38-27(28)33;1-5(2,3)4/h2*5-8,13-14,24H,3-4,9-12,15-17H2,1-2H3,(H2,28,33)(H,29,31)(H,30,32);1H3,(H,2,3,4)/i/hD2. The molecule has 0 aromatic heterocycles. The summed E-state index contributed by atoms with van der Waals surface area (Å²) in [6.07, 6.45) is 1.73. The van der Waals surface area contributed by atoms with Crippen LogP contribution in [0.25, 0.3) is 22.3 Å². The fraction of sp³-hybridized carbons (Fsp3) is 0.455. The number of carbonyl (C=O) groups is 6. The highest BCUT2D eigenvalue weighted by molar-refractivity contribution is 7.85. The van der Waals surface area contributed by atoms with Gasteiger partial charge in [-0.3, -0.25) is 23.7 Å². The number of methoxy groups -OCH3 is 4. The minimum absolute atomic E-state index is 0.0370. The van der Waals surface area contributed by atoms with Crippen LogP contribution in [0, 0.1) is 0 Å². The molecule has 0 aliphatic heterocycles. The van der Waals surface area contributed by atoms with Gasteiger partial charge in [0.15, 0.2) is 2.82 Å². The summed E-state index contributed by atoms with van der Waals surface area (Å²) >= 11 is 0.